The average Bonchev–Trinajstić information content (AvgIpc) is 2.40. The summed E-state index contributed by atoms with van der Waals surface area (Å²) in [6.07, 6.45) is 14.8. The van der Waals surface area contributed by atoms with Crippen LogP contribution in [-0.4, -0.2) is 12.6 Å². The standard InChI is InChI=1S/C19H37N/c1-4-20-19(17-10-8-6-5-7-9-11-17)18-13-12-15(2)16(3)14-18/h15-20H,4-14H2,1-3H3. The van der Waals surface area contributed by atoms with Gasteiger partial charge in [-0.2, -0.15) is 0 Å². The van der Waals surface area contributed by atoms with E-state index in [0.717, 1.165) is 36.3 Å². The van der Waals surface area contributed by atoms with Crippen molar-refractivity contribution in [2.45, 2.75) is 91.0 Å². The van der Waals surface area contributed by atoms with E-state index in [2.05, 4.69) is 26.1 Å². The zero-order valence-corrected chi connectivity index (χ0v) is 14.2. The van der Waals surface area contributed by atoms with E-state index in [1.54, 1.807) is 0 Å². The van der Waals surface area contributed by atoms with Gasteiger partial charge in [0.05, 0.1) is 0 Å². The van der Waals surface area contributed by atoms with Crippen LogP contribution in [0.15, 0.2) is 0 Å². The van der Waals surface area contributed by atoms with Crippen molar-refractivity contribution in [1.29, 1.82) is 0 Å². The van der Waals surface area contributed by atoms with Gasteiger partial charge >= 0.3 is 0 Å². The van der Waals surface area contributed by atoms with Gasteiger partial charge in [0, 0.05) is 6.04 Å². The summed E-state index contributed by atoms with van der Waals surface area (Å²) < 4.78 is 0. The van der Waals surface area contributed by atoms with Crippen LogP contribution >= 0.6 is 0 Å². The number of nitrogens with one attached hydrogen (secondary N) is 1. The Morgan fingerprint density at radius 3 is 2.05 bits per heavy atom. The molecule has 2 rings (SSSR count). The van der Waals surface area contributed by atoms with Crippen LogP contribution in [0.4, 0.5) is 0 Å². The number of hydrogen-bond donors (Lipinski definition) is 1. The Labute approximate surface area is 127 Å². The fraction of sp³-hybridized carbons (Fsp3) is 1.00. The maximum absolute atomic E-state index is 3.91. The molecule has 2 aliphatic rings. The second kappa shape index (κ2) is 8.41. The molecule has 0 aromatic rings. The van der Waals surface area contributed by atoms with E-state index in [1.807, 2.05) is 0 Å². The molecule has 1 heteroatoms. The van der Waals surface area contributed by atoms with E-state index in [4.69, 9.17) is 0 Å². The first kappa shape index (κ1) is 16.3. The Morgan fingerprint density at radius 1 is 0.800 bits per heavy atom. The summed E-state index contributed by atoms with van der Waals surface area (Å²) in [5.74, 6) is 3.79. The maximum Gasteiger partial charge on any atom is 0.0124 e. The van der Waals surface area contributed by atoms with Crippen molar-refractivity contribution in [3.8, 4) is 0 Å². The molecular formula is C19H37N. The molecular weight excluding hydrogens is 242 g/mol. The highest BCUT2D eigenvalue weighted by Gasteiger charge is 2.33. The van der Waals surface area contributed by atoms with Crippen LogP contribution in [0.2, 0.25) is 0 Å². The number of rotatable bonds is 4. The van der Waals surface area contributed by atoms with E-state index < -0.39 is 0 Å². The lowest BCUT2D eigenvalue weighted by atomic mass is 9.69. The lowest BCUT2D eigenvalue weighted by Crippen LogP contribution is -2.45. The minimum absolute atomic E-state index is 0.813. The number of hydrogen-bond acceptors (Lipinski definition) is 1. The molecule has 0 spiro atoms. The third-order valence-electron chi connectivity index (χ3n) is 6.24. The molecule has 0 aliphatic heterocycles. The summed E-state index contributed by atoms with van der Waals surface area (Å²) in [7, 11) is 0. The molecule has 0 radical (unpaired) electrons. The first-order valence-electron chi connectivity index (χ1n) is 9.45. The van der Waals surface area contributed by atoms with E-state index in [1.165, 1.54) is 64.2 Å². The van der Waals surface area contributed by atoms with Gasteiger partial charge in [-0.3, -0.25) is 0 Å². The topological polar surface area (TPSA) is 12.0 Å². The largest absolute Gasteiger partial charge is 0.314 e. The second-order valence-electron chi connectivity index (χ2n) is 7.72. The molecule has 2 aliphatic carbocycles. The van der Waals surface area contributed by atoms with Gasteiger partial charge in [-0.05, 0) is 55.9 Å². The highest BCUT2D eigenvalue weighted by molar-refractivity contribution is 4.88. The molecule has 1 N–H and O–H groups in total. The molecule has 1 nitrogen and oxygen atoms in total. The summed E-state index contributed by atoms with van der Waals surface area (Å²) in [5, 5.41) is 3.91. The van der Waals surface area contributed by atoms with Crippen molar-refractivity contribution in [3.63, 3.8) is 0 Å². The second-order valence-corrected chi connectivity index (χ2v) is 7.72. The summed E-state index contributed by atoms with van der Waals surface area (Å²) in [6.45, 7) is 8.39. The zero-order chi connectivity index (χ0) is 14.4. The van der Waals surface area contributed by atoms with Crippen LogP contribution in [0.5, 0.6) is 0 Å². The molecule has 0 bridgehead atoms. The molecule has 0 saturated heterocycles. The first-order chi connectivity index (χ1) is 9.72. The van der Waals surface area contributed by atoms with Crippen LogP contribution in [0, 0.1) is 23.7 Å². The van der Waals surface area contributed by atoms with Crippen LogP contribution in [-0.2, 0) is 0 Å². The van der Waals surface area contributed by atoms with Gasteiger partial charge in [0.25, 0.3) is 0 Å². The predicted octanol–water partition coefficient (Wildman–Crippen LogP) is 5.40. The SMILES string of the molecule is CCNC(C1CCCCCCC1)C1CCC(C)C(C)C1. The van der Waals surface area contributed by atoms with E-state index >= 15 is 0 Å². The van der Waals surface area contributed by atoms with Gasteiger partial charge in [0.15, 0.2) is 0 Å². The third kappa shape index (κ3) is 4.48. The highest BCUT2D eigenvalue weighted by atomic mass is 14.9. The zero-order valence-electron chi connectivity index (χ0n) is 14.2. The van der Waals surface area contributed by atoms with Gasteiger partial charge in [-0.1, -0.05) is 59.3 Å². The normalized spacial score (nSPS) is 35.2. The minimum Gasteiger partial charge on any atom is -0.314 e. The van der Waals surface area contributed by atoms with Crippen molar-refractivity contribution >= 4 is 0 Å². The Hall–Kier alpha value is -0.0400. The lowest BCUT2D eigenvalue weighted by molar-refractivity contribution is 0.130. The Balaban J connectivity index is 1.97. The highest BCUT2D eigenvalue weighted by Crippen LogP contribution is 2.39. The smallest absolute Gasteiger partial charge is 0.0124 e. The quantitative estimate of drug-likeness (QED) is 0.727. The lowest BCUT2D eigenvalue weighted by Gasteiger charge is -2.41. The molecule has 0 aromatic carbocycles. The van der Waals surface area contributed by atoms with E-state index in [-0.39, 0.29) is 0 Å². The molecule has 20 heavy (non-hydrogen) atoms. The van der Waals surface area contributed by atoms with E-state index in [9.17, 15) is 0 Å². The Bertz CT molecular complexity index is 250. The first-order valence-corrected chi connectivity index (χ1v) is 9.45. The van der Waals surface area contributed by atoms with E-state index in [0.29, 0.717) is 0 Å². The van der Waals surface area contributed by atoms with Crippen LogP contribution < -0.4 is 5.32 Å². The van der Waals surface area contributed by atoms with Crippen molar-refractivity contribution in [1.82, 2.24) is 5.32 Å². The van der Waals surface area contributed by atoms with Gasteiger partial charge in [0.1, 0.15) is 0 Å². The van der Waals surface area contributed by atoms with Gasteiger partial charge in [0.2, 0.25) is 0 Å². The maximum atomic E-state index is 3.91. The van der Waals surface area contributed by atoms with Gasteiger partial charge < -0.3 is 5.32 Å². The predicted molar refractivity (Wildman–Crippen MR) is 88.9 cm³/mol. The summed E-state index contributed by atoms with van der Waals surface area (Å²) in [6, 6.07) is 0.813. The molecule has 4 atom stereocenters. The molecule has 2 saturated carbocycles. The summed E-state index contributed by atoms with van der Waals surface area (Å²) in [5.41, 5.74) is 0. The monoisotopic (exact) mass is 279 g/mol. The van der Waals surface area contributed by atoms with Crippen LogP contribution in [0.1, 0.15) is 85.0 Å². The van der Waals surface area contributed by atoms with Gasteiger partial charge in [-0.15, -0.1) is 0 Å². The van der Waals surface area contributed by atoms with Crippen molar-refractivity contribution in [3.05, 3.63) is 0 Å². The molecule has 118 valence electrons. The van der Waals surface area contributed by atoms with Crippen molar-refractivity contribution in [2.75, 3.05) is 6.54 Å². The molecule has 0 amide bonds. The van der Waals surface area contributed by atoms with Crippen LogP contribution in [0.3, 0.4) is 0 Å². The molecule has 0 heterocycles. The Kier molecular flexibility index (Phi) is 6.87. The van der Waals surface area contributed by atoms with Crippen molar-refractivity contribution in [2.24, 2.45) is 23.7 Å². The van der Waals surface area contributed by atoms with Crippen LogP contribution in [0.25, 0.3) is 0 Å². The average molecular weight is 280 g/mol. The molecule has 4 unspecified atom stereocenters. The molecule has 0 aromatic heterocycles. The van der Waals surface area contributed by atoms with Gasteiger partial charge in [-0.25, -0.2) is 0 Å². The fourth-order valence-electron chi connectivity index (χ4n) is 4.72. The minimum atomic E-state index is 0.813. The van der Waals surface area contributed by atoms with Crippen molar-refractivity contribution < 1.29 is 0 Å². The Morgan fingerprint density at radius 2 is 1.45 bits per heavy atom. The molecule has 2 fully saturated rings. The fourth-order valence-corrected chi connectivity index (χ4v) is 4.72. The summed E-state index contributed by atoms with van der Waals surface area (Å²) >= 11 is 0. The third-order valence-corrected chi connectivity index (χ3v) is 6.24. The summed E-state index contributed by atoms with van der Waals surface area (Å²) in [4.78, 5) is 0.